The van der Waals surface area contributed by atoms with Crippen LogP contribution in [-0.4, -0.2) is 34.6 Å². The summed E-state index contributed by atoms with van der Waals surface area (Å²) in [6.07, 6.45) is 4.74. The summed E-state index contributed by atoms with van der Waals surface area (Å²) in [6.45, 7) is 4.94. The van der Waals surface area contributed by atoms with Crippen molar-refractivity contribution in [2.24, 2.45) is 5.92 Å². The summed E-state index contributed by atoms with van der Waals surface area (Å²) in [7, 11) is 0. The molecule has 0 amide bonds. The van der Waals surface area contributed by atoms with Crippen LogP contribution in [0.3, 0.4) is 0 Å². The number of nitrogens with zero attached hydrogens (tertiary/aromatic N) is 4. The molecule has 0 unspecified atom stereocenters. The molecule has 0 spiro atoms. The van der Waals surface area contributed by atoms with Gasteiger partial charge in [-0.1, -0.05) is 6.07 Å². The fraction of sp³-hybridized carbons (Fsp3) is 0.400. The van der Waals surface area contributed by atoms with Crippen LogP contribution in [0.25, 0.3) is 0 Å². The third kappa shape index (κ3) is 3.69. The molecule has 3 heterocycles. The fourth-order valence-corrected chi connectivity index (χ4v) is 2.74. The lowest BCUT2D eigenvalue weighted by atomic mass is 10.1. The van der Waals surface area contributed by atoms with Gasteiger partial charge < -0.3 is 10.2 Å². The van der Waals surface area contributed by atoms with Gasteiger partial charge in [0.15, 0.2) is 0 Å². The van der Waals surface area contributed by atoms with Crippen molar-refractivity contribution >= 4 is 27.7 Å². The molecule has 110 valence electrons. The maximum absolute atomic E-state index is 4.47. The van der Waals surface area contributed by atoms with Crippen molar-refractivity contribution in [3.8, 4) is 0 Å². The highest BCUT2D eigenvalue weighted by Crippen LogP contribution is 2.21. The van der Waals surface area contributed by atoms with Crippen molar-refractivity contribution in [1.29, 1.82) is 0 Å². The number of hydrogen-bond donors (Lipinski definition) is 1. The largest absolute Gasteiger partial charge is 0.370 e. The van der Waals surface area contributed by atoms with Crippen LogP contribution in [0.4, 0.5) is 11.8 Å². The molecular formula is C15H18BrN5. The Kier molecular flexibility index (Phi) is 4.34. The molecular weight excluding hydrogens is 330 g/mol. The van der Waals surface area contributed by atoms with E-state index in [0.717, 1.165) is 48.0 Å². The standard InChI is InChI=1S/C15H18BrN5/c1-11-3-2-4-14(20-11)17-7-12-5-6-21(10-12)15-18-8-13(16)9-19-15/h2-4,8-9,12H,5-7,10H2,1H3,(H,17,20)/t12-/m0/s1. The Labute approximate surface area is 133 Å². The van der Waals surface area contributed by atoms with Gasteiger partial charge in [-0.2, -0.15) is 0 Å². The third-order valence-corrected chi connectivity index (χ3v) is 4.05. The zero-order chi connectivity index (χ0) is 14.7. The molecule has 1 N–H and O–H groups in total. The molecule has 1 aliphatic heterocycles. The van der Waals surface area contributed by atoms with E-state index in [9.17, 15) is 0 Å². The van der Waals surface area contributed by atoms with E-state index in [1.54, 1.807) is 12.4 Å². The monoisotopic (exact) mass is 347 g/mol. The second-order valence-corrected chi connectivity index (χ2v) is 6.26. The van der Waals surface area contributed by atoms with Crippen LogP contribution in [0.1, 0.15) is 12.1 Å². The fourth-order valence-electron chi connectivity index (χ4n) is 2.54. The quantitative estimate of drug-likeness (QED) is 0.921. The number of hydrogen-bond acceptors (Lipinski definition) is 5. The molecule has 1 atom stereocenters. The Morgan fingerprint density at radius 2 is 2.14 bits per heavy atom. The topological polar surface area (TPSA) is 53.9 Å². The van der Waals surface area contributed by atoms with E-state index < -0.39 is 0 Å². The number of rotatable bonds is 4. The minimum atomic E-state index is 0.597. The van der Waals surface area contributed by atoms with Crippen LogP contribution in [0.2, 0.25) is 0 Å². The number of nitrogens with one attached hydrogen (secondary N) is 1. The molecule has 0 radical (unpaired) electrons. The summed E-state index contributed by atoms with van der Waals surface area (Å²) in [5.74, 6) is 2.36. The maximum Gasteiger partial charge on any atom is 0.225 e. The van der Waals surface area contributed by atoms with Crippen molar-refractivity contribution < 1.29 is 0 Å². The van der Waals surface area contributed by atoms with Crippen LogP contribution in [0, 0.1) is 12.8 Å². The predicted octanol–water partition coefficient (Wildman–Crippen LogP) is 2.88. The van der Waals surface area contributed by atoms with Gasteiger partial charge in [-0.25, -0.2) is 15.0 Å². The first-order chi connectivity index (χ1) is 10.2. The smallest absolute Gasteiger partial charge is 0.225 e. The molecule has 0 saturated carbocycles. The molecule has 0 aliphatic carbocycles. The lowest BCUT2D eigenvalue weighted by molar-refractivity contribution is 0.620. The normalized spacial score (nSPS) is 18.0. The van der Waals surface area contributed by atoms with Crippen molar-refractivity contribution in [3.05, 3.63) is 40.8 Å². The van der Waals surface area contributed by atoms with E-state index in [0.29, 0.717) is 5.92 Å². The van der Waals surface area contributed by atoms with Crippen molar-refractivity contribution in [3.63, 3.8) is 0 Å². The van der Waals surface area contributed by atoms with Gasteiger partial charge in [-0.15, -0.1) is 0 Å². The minimum Gasteiger partial charge on any atom is -0.370 e. The SMILES string of the molecule is Cc1cccc(NC[C@@H]2CCN(c3ncc(Br)cn3)C2)n1. The first kappa shape index (κ1) is 14.3. The van der Waals surface area contributed by atoms with Gasteiger partial charge in [-0.05, 0) is 47.3 Å². The highest BCUT2D eigenvalue weighted by Gasteiger charge is 2.24. The van der Waals surface area contributed by atoms with Crippen molar-refractivity contribution in [1.82, 2.24) is 15.0 Å². The molecule has 1 aliphatic rings. The summed E-state index contributed by atoms with van der Waals surface area (Å²) in [6, 6.07) is 6.05. The van der Waals surface area contributed by atoms with E-state index >= 15 is 0 Å². The second kappa shape index (κ2) is 6.39. The second-order valence-electron chi connectivity index (χ2n) is 5.35. The van der Waals surface area contributed by atoms with E-state index in [2.05, 4.69) is 41.1 Å². The van der Waals surface area contributed by atoms with Crippen LogP contribution >= 0.6 is 15.9 Å². The highest BCUT2D eigenvalue weighted by atomic mass is 79.9. The van der Waals surface area contributed by atoms with Crippen LogP contribution in [-0.2, 0) is 0 Å². The zero-order valence-corrected chi connectivity index (χ0v) is 13.5. The molecule has 2 aromatic heterocycles. The average molecular weight is 348 g/mol. The lowest BCUT2D eigenvalue weighted by Gasteiger charge is -2.16. The Morgan fingerprint density at radius 1 is 1.33 bits per heavy atom. The van der Waals surface area contributed by atoms with E-state index in [1.807, 2.05) is 25.1 Å². The molecule has 1 saturated heterocycles. The van der Waals surface area contributed by atoms with Gasteiger partial charge in [0.2, 0.25) is 5.95 Å². The lowest BCUT2D eigenvalue weighted by Crippen LogP contribution is -2.24. The molecule has 0 bridgehead atoms. The number of anilines is 2. The molecule has 2 aromatic rings. The number of aromatic nitrogens is 3. The first-order valence-electron chi connectivity index (χ1n) is 7.11. The van der Waals surface area contributed by atoms with Crippen molar-refractivity contribution in [2.45, 2.75) is 13.3 Å². The molecule has 6 heteroatoms. The summed E-state index contributed by atoms with van der Waals surface area (Å²) in [5.41, 5.74) is 1.04. The van der Waals surface area contributed by atoms with Gasteiger partial charge in [0.25, 0.3) is 0 Å². The van der Waals surface area contributed by atoms with Gasteiger partial charge >= 0.3 is 0 Å². The molecule has 21 heavy (non-hydrogen) atoms. The predicted molar refractivity (Wildman–Crippen MR) is 87.5 cm³/mol. The summed E-state index contributed by atoms with van der Waals surface area (Å²) < 4.78 is 0.911. The van der Waals surface area contributed by atoms with Gasteiger partial charge in [0.1, 0.15) is 5.82 Å². The Morgan fingerprint density at radius 3 is 2.90 bits per heavy atom. The Bertz CT molecular complexity index is 601. The van der Waals surface area contributed by atoms with Crippen LogP contribution < -0.4 is 10.2 Å². The molecule has 1 fully saturated rings. The Hall–Kier alpha value is -1.69. The maximum atomic E-state index is 4.47. The van der Waals surface area contributed by atoms with Gasteiger partial charge in [-0.3, -0.25) is 0 Å². The van der Waals surface area contributed by atoms with Gasteiger partial charge in [0, 0.05) is 37.7 Å². The van der Waals surface area contributed by atoms with Crippen LogP contribution in [0.5, 0.6) is 0 Å². The van der Waals surface area contributed by atoms with Crippen molar-refractivity contribution in [2.75, 3.05) is 29.9 Å². The molecule has 3 rings (SSSR count). The third-order valence-electron chi connectivity index (χ3n) is 3.64. The van der Waals surface area contributed by atoms with E-state index in [1.165, 1.54) is 0 Å². The molecule has 0 aromatic carbocycles. The highest BCUT2D eigenvalue weighted by molar-refractivity contribution is 9.10. The van der Waals surface area contributed by atoms with E-state index in [4.69, 9.17) is 0 Å². The number of pyridine rings is 1. The average Bonchev–Trinajstić information content (AvgIpc) is 2.95. The van der Waals surface area contributed by atoms with E-state index in [-0.39, 0.29) is 0 Å². The number of aryl methyl sites for hydroxylation is 1. The number of halogens is 1. The summed E-state index contributed by atoms with van der Waals surface area (Å²) in [4.78, 5) is 15.4. The first-order valence-corrected chi connectivity index (χ1v) is 7.90. The molecule has 5 nitrogen and oxygen atoms in total. The van der Waals surface area contributed by atoms with Crippen LogP contribution in [0.15, 0.2) is 35.1 Å². The minimum absolute atomic E-state index is 0.597. The summed E-state index contributed by atoms with van der Waals surface area (Å²) in [5, 5.41) is 3.42. The summed E-state index contributed by atoms with van der Waals surface area (Å²) >= 11 is 3.36. The van der Waals surface area contributed by atoms with Gasteiger partial charge in [0.05, 0.1) is 4.47 Å². The zero-order valence-electron chi connectivity index (χ0n) is 12.0. The Balaban J connectivity index is 1.54.